The second-order valence-corrected chi connectivity index (χ2v) is 3.24. The van der Waals surface area contributed by atoms with E-state index in [0.717, 1.165) is 0 Å². The largest absolute Gasteiger partial charge is 0.370 e. The van der Waals surface area contributed by atoms with E-state index in [4.69, 9.17) is 5.73 Å². The molecule has 0 bridgehead atoms. The number of aromatic amines is 1. The summed E-state index contributed by atoms with van der Waals surface area (Å²) in [6.45, 7) is 1.74. The number of nitrogens with zero attached hydrogens (tertiary/aromatic N) is 1. The predicted molar refractivity (Wildman–Crippen MR) is 54.5 cm³/mol. The Morgan fingerprint density at radius 2 is 2.47 bits per heavy atom. The molecule has 6 nitrogen and oxygen atoms in total. The van der Waals surface area contributed by atoms with Crippen LogP contribution < -0.4 is 11.1 Å². The van der Waals surface area contributed by atoms with Crippen LogP contribution in [0.3, 0.4) is 0 Å². The fraction of sp³-hybridized carbons (Fsp3) is 0.333. The van der Waals surface area contributed by atoms with Crippen LogP contribution in [-0.4, -0.2) is 21.8 Å². The first-order valence-corrected chi connectivity index (χ1v) is 4.51. The van der Waals surface area contributed by atoms with Crippen molar-refractivity contribution in [1.82, 2.24) is 9.97 Å². The molecule has 15 heavy (non-hydrogen) atoms. The molecule has 0 aliphatic rings. The summed E-state index contributed by atoms with van der Waals surface area (Å²) >= 11 is 0. The summed E-state index contributed by atoms with van der Waals surface area (Å²) < 4.78 is 0. The summed E-state index contributed by atoms with van der Waals surface area (Å²) in [6, 6.07) is 0. The number of carbonyl (C=O) groups is 2. The second kappa shape index (κ2) is 5.14. The molecule has 0 aliphatic carbocycles. The summed E-state index contributed by atoms with van der Waals surface area (Å²) in [5, 5.41) is 2.51. The molecule has 0 spiro atoms. The number of H-pyrrole nitrogens is 1. The van der Waals surface area contributed by atoms with Crippen molar-refractivity contribution < 1.29 is 9.59 Å². The van der Waals surface area contributed by atoms with Crippen LogP contribution in [0.5, 0.6) is 0 Å². The number of nitrogens with one attached hydrogen (secondary N) is 2. The molecule has 0 fully saturated rings. The lowest BCUT2D eigenvalue weighted by Gasteiger charge is -2.07. The number of nitrogens with two attached hydrogens (primary N) is 1. The number of rotatable bonds is 5. The number of hydrogen-bond donors (Lipinski definition) is 3. The monoisotopic (exact) mass is 209 g/mol. The molecule has 0 saturated heterocycles. The van der Waals surface area contributed by atoms with Crippen molar-refractivity contribution in [3.63, 3.8) is 0 Å². The van der Waals surface area contributed by atoms with E-state index in [1.807, 2.05) is 0 Å². The summed E-state index contributed by atoms with van der Waals surface area (Å²) in [7, 11) is 0. The predicted octanol–water partition coefficient (Wildman–Crippen LogP) is 0.0640. The first-order valence-electron chi connectivity index (χ1n) is 4.51. The maximum atomic E-state index is 11.3. The fourth-order valence-electron chi connectivity index (χ4n) is 1.13. The van der Waals surface area contributed by atoms with Gasteiger partial charge in [0.2, 0.25) is 17.8 Å². The Morgan fingerprint density at radius 1 is 1.73 bits per heavy atom. The fourth-order valence-corrected chi connectivity index (χ4v) is 1.13. The highest BCUT2D eigenvalue weighted by Gasteiger charge is 2.12. The molecule has 4 N–H and O–H groups in total. The molecule has 0 aromatic carbocycles. The zero-order valence-corrected chi connectivity index (χ0v) is 8.36. The van der Waals surface area contributed by atoms with Crippen LogP contribution in [0.15, 0.2) is 12.4 Å². The van der Waals surface area contributed by atoms with E-state index in [1.54, 1.807) is 13.1 Å². The molecular formula is C9H13N4O2. The van der Waals surface area contributed by atoms with Crippen LogP contribution in [0.2, 0.25) is 0 Å². The third-order valence-electron chi connectivity index (χ3n) is 1.70. The summed E-state index contributed by atoms with van der Waals surface area (Å²) in [5.41, 5.74) is 5.00. The summed E-state index contributed by atoms with van der Waals surface area (Å²) in [5.74, 6) is -0.539. The lowest BCUT2D eigenvalue weighted by atomic mass is 10.0. The highest BCUT2D eigenvalue weighted by atomic mass is 16.2. The van der Waals surface area contributed by atoms with Crippen molar-refractivity contribution in [2.75, 3.05) is 5.32 Å². The Morgan fingerprint density at radius 3 is 3.00 bits per heavy atom. The van der Waals surface area contributed by atoms with Gasteiger partial charge in [0.25, 0.3) is 0 Å². The van der Waals surface area contributed by atoms with Gasteiger partial charge in [-0.1, -0.05) is 6.92 Å². The molecular weight excluding hydrogens is 196 g/mol. The van der Waals surface area contributed by atoms with Crippen LogP contribution >= 0.6 is 0 Å². The van der Waals surface area contributed by atoms with Gasteiger partial charge in [-0.05, 0) is 5.92 Å². The Hall–Kier alpha value is -1.85. The molecule has 1 rings (SSSR count). The van der Waals surface area contributed by atoms with E-state index in [2.05, 4.69) is 15.3 Å². The molecule has 81 valence electrons. The van der Waals surface area contributed by atoms with Crippen LogP contribution in [0, 0.1) is 12.3 Å². The molecule has 6 heteroatoms. The van der Waals surface area contributed by atoms with E-state index >= 15 is 0 Å². The molecule has 0 saturated carbocycles. The Balaban J connectivity index is 2.33. The number of hydrogen-bond acceptors (Lipinski definition) is 3. The Labute approximate surface area is 87.3 Å². The number of amides is 2. The van der Waals surface area contributed by atoms with Gasteiger partial charge in [0.05, 0.1) is 6.42 Å². The van der Waals surface area contributed by atoms with Crippen molar-refractivity contribution in [2.45, 2.75) is 13.3 Å². The van der Waals surface area contributed by atoms with Gasteiger partial charge in [0, 0.05) is 18.8 Å². The van der Waals surface area contributed by atoms with Crippen LogP contribution in [0.25, 0.3) is 0 Å². The second-order valence-electron chi connectivity index (χ2n) is 3.24. The maximum Gasteiger partial charge on any atom is 0.230 e. The molecule has 1 aromatic rings. The molecule has 1 atom stereocenters. The van der Waals surface area contributed by atoms with Gasteiger partial charge in [0.1, 0.15) is 0 Å². The van der Waals surface area contributed by atoms with E-state index in [1.165, 1.54) is 12.6 Å². The normalized spacial score (nSPS) is 12.1. The van der Waals surface area contributed by atoms with Gasteiger partial charge in [0.15, 0.2) is 0 Å². The van der Waals surface area contributed by atoms with E-state index in [-0.39, 0.29) is 18.2 Å². The van der Waals surface area contributed by atoms with Crippen molar-refractivity contribution in [2.24, 2.45) is 11.7 Å². The standard InChI is InChI=1S/C9H13N4O2/c1-6(4-7(10)14)5-8(15)13-9-11-2-3-12-9/h2-3,5-6H,4H2,1H3,(H2,10,14)(H2,11,12,13,15)/t6-/m1/s1. The summed E-state index contributed by atoms with van der Waals surface area (Å²) in [4.78, 5) is 28.4. The number of anilines is 1. The summed E-state index contributed by atoms with van der Waals surface area (Å²) in [6.07, 6.45) is 4.68. The van der Waals surface area contributed by atoms with Crippen molar-refractivity contribution in [3.05, 3.63) is 18.8 Å². The third-order valence-corrected chi connectivity index (χ3v) is 1.70. The van der Waals surface area contributed by atoms with Crippen molar-refractivity contribution in [3.8, 4) is 0 Å². The molecule has 1 radical (unpaired) electrons. The number of imidazole rings is 1. The molecule has 1 aromatic heterocycles. The van der Waals surface area contributed by atoms with Crippen LogP contribution in [0.1, 0.15) is 13.3 Å². The third kappa shape index (κ3) is 4.26. The van der Waals surface area contributed by atoms with Gasteiger partial charge < -0.3 is 10.7 Å². The molecule has 0 aliphatic heterocycles. The first-order chi connectivity index (χ1) is 7.08. The van der Waals surface area contributed by atoms with Crippen LogP contribution in [0.4, 0.5) is 5.95 Å². The smallest absolute Gasteiger partial charge is 0.230 e. The van der Waals surface area contributed by atoms with Gasteiger partial charge in [-0.3, -0.25) is 14.9 Å². The van der Waals surface area contributed by atoms with Crippen molar-refractivity contribution >= 4 is 17.8 Å². The highest BCUT2D eigenvalue weighted by Crippen LogP contribution is 2.07. The lowest BCUT2D eigenvalue weighted by molar-refractivity contribution is -0.118. The highest BCUT2D eigenvalue weighted by molar-refractivity contribution is 5.96. The zero-order chi connectivity index (χ0) is 11.3. The Bertz CT molecular complexity index is 334. The SMILES string of the molecule is C[C@@H]([CH]C(=O)Nc1ncc[nH]1)CC(N)=O. The molecule has 0 unspecified atom stereocenters. The molecule has 2 amide bonds. The first kappa shape index (κ1) is 11.2. The van der Waals surface area contributed by atoms with Gasteiger partial charge >= 0.3 is 0 Å². The maximum absolute atomic E-state index is 11.3. The van der Waals surface area contributed by atoms with E-state index < -0.39 is 5.91 Å². The average molecular weight is 209 g/mol. The van der Waals surface area contributed by atoms with Gasteiger partial charge in [-0.15, -0.1) is 0 Å². The number of carbonyl (C=O) groups excluding carboxylic acids is 2. The topological polar surface area (TPSA) is 101 Å². The minimum absolute atomic E-state index is 0.158. The lowest BCUT2D eigenvalue weighted by Crippen LogP contribution is -2.21. The van der Waals surface area contributed by atoms with E-state index in [0.29, 0.717) is 5.95 Å². The van der Waals surface area contributed by atoms with Crippen molar-refractivity contribution in [1.29, 1.82) is 0 Å². The minimum atomic E-state index is -0.426. The quantitative estimate of drug-likeness (QED) is 0.639. The molecule has 1 heterocycles. The van der Waals surface area contributed by atoms with Gasteiger partial charge in [-0.25, -0.2) is 4.98 Å². The number of aromatic nitrogens is 2. The van der Waals surface area contributed by atoms with E-state index in [9.17, 15) is 9.59 Å². The minimum Gasteiger partial charge on any atom is -0.370 e. The number of primary amides is 1. The van der Waals surface area contributed by atoms with Crippen LogP contribution in [-0.2, 0) is 9.59 Å². The van der Waals surface area contributed by atoms with Gasteiger partial charge in [-0.2, -0.15) is 0 Å². The zero-order valence-electron chi connectivity index (χ0n) is 8.36. The Kier molecular flexibility index (Phi) is 3.84. The average Bonchev–Trinajstić information content (AvgIpc) is 2.53.